The molecule has 0 unspecified atom stereocenters. The molecule has 160 valence electrons. The summed E-state index contributed by atoms with van der Waals surface area (Å²) in [5.41, 5.74) is 2.19. The Morgan fingerprint density at radius 3 is 2.58 bits per heavy atom. The third-order valence-electron chi connectivity index (χ3n) is 4.97. The normalized spacial score (nSPS) is 15.3. The summed E-state index contributed by atoms with van der Waals surface area (Å²) in [5.74, 6) is 1.21. The predicted octanol–water partition coefficient (Wildman–Crippen LogP) is 4.98. The summed E-state index contributed by atoms with van der Waals surface area (Å²) in [7, 11) is 0. The van der Waals surface area contributed by atoms with E-state index >= 15 is 0 Å². The van der Waals surface area contributed by atoms with Gasteiger partial charge in [0.1, 0.15) is 11.6 Å². The van der Waals surface area contributed by atoms with Crippen LogP contribution >= 0.6 is 23.4 Å². The van der Waals surface area contributed by atoms with E-state index in [1.54, 1.807) is 0 Å². The van der Waals surface area contributed by atoms with Gasteiger partial charge in [-0.05, 0) is 41.8 Å². The highest BCUT2D eigenvalue weighted by Gasteiger charge is 2.31. The molecule has 1 aliphatic rings. The molecule has 1 aromatic heterocycles. The Morgan fingerprint density at radius 2 is 1.87 bits per heavy atom. The van der Waals surface area contributed by atoms with Crippen LogP contribution in [0.1, 0.15) is 42.4 Å². The summed E-state index contributed by atoms with van der Waals surface area (Å²) in [4.78, 5) is 32.7. The number of thioether (sulfide) groups is 1. The molecule has 1 amide bonds. The van der Waals surface area contributed by atoms with E-state index in [0.717, 1.165) is 23.3 Å². The number of fused-ring (bicyclic) bond motifs is 1. The number of halogens is 1. The van der Waals surface area contributed by atoms with Crippen LogP contribution in [0.25, 0.3) is 0 Å². The average molecular weight is 456 g/mol. The van der Waals surface area contributed by atoms with Crippen molar-refractivity contribution in [2.45, 2.75) is 36.6 Å². The highest BCUT2D eigenvalue weighted by atomic mass is 35.5. The fourth-order valence-electron chi connectivity index (χ4n) is 3.45. The Hall–Kier alpha value is -2.77. The van der Waals surface area contributed by atoms with Crippen molar-refractivity contribution in [2.24, 2.45) is 0 Å². The molecule has 3 aromatic rings. The smallest absolute Gasteiger partial charge is 0.257 e. The van der Waals surface area contributed by atoms with Crippen LogP contribution in [0.3, 0.4) is 0 Å². The first-order valence-electron chi connectivity index (χ1n) is 10.1. The van der Waals surface area contributed by atoms with Crippen molar-refractivity contribution in [3.63, 3.8) is 0 Å². The maximum absolute atomic E-state index is 12.9. The minimum absolute atomic E-state index is 0.157. The fraction of sp³-hybridized carbons (Fsp3) is 0.261. The Kier molecular flexibility index (Phi) is 6.63. The van der Waals surface area contributed by atoms with Crippen molar-refractivity contribution in [1.29, 1.82) is 0 Å². The van der Waals surface area contributed by atoms with Gasteiger partial charge in [0.2, 0.25) is 5.91 Å². The zero-order chi connectivity index (χ0) is 21.8. The number of nitrogens with zero attached hydrogens (tertiary/aromatic N) is 1. The lowest BCUT2D eigenvalue weighted by Gasteiger charge is -2.24. The number of benzene rings is 2. The maximum Gasteiger partial charge on any atom is 0.257 e. The number of anilines is 1. The summed E-state index contributed by atoms with van der Waals surface area (Å²) >= 11 is 7.32. The molecule has 0 fully saturated rings. The highest BCUT2D eigenvalue weighted by molar-refractivity contribution is 7.98. The number of rotatable bonds is 7. The number of nitrogens with one attached hydrogen (secondary N) is 2. The number of ether oxygens (including phenoxy) is 1. The molecule has 0 saturated heterocycles. The summed E-state index contributed by atoms with van der Waals surface area (Å²) in [6, 6.07) is 15.1. The third-order valence-corrected chi connectivity index (χ3v) is 6.17. The molecular formula is C23H22ClN3O3S. The first-order valence-corrected chi connectivity index (χ1v) is 11.4. The fourth-order valence-corrected chi connectivity index (χ4v) is 4.39. The van der Waals surface area contributed by atoms with Crippen LogP contribution in [0.15, 0.2) is 58.5 Å². The van der Waals surface area contributed by atoms with Crippen molar-refractivity contribution in [3.8, 4) is 5.75 Å². The van der Waals surface area contributed by atoms with Gasteiger partial charge >= 0.3 is 0 Å². The topological polar surface area (TPSA) is 84.1 Å². The zero-order valence-electron chi connectivity index (χ0n) is 17.0. The minimum Gasteiger partial charge on any atom is -0.494 e. The van der Waals surface area contributed by atoms with Crippen LogP contribution in [0.2, 0.25) is 5.02 Å². The van der Waals surface area contributed by atoms with E-state index in [1.807, 2.05) is 55.5 Å². The number of carbonyl (C=O) groups excluding carboxylic acids is 1. The van der Waals surface area contributed by atoms with Gasteiger partial charge < -0.3 is 15.0 Å². The molecule has 31 heavy (non-hydrogen) atoms. The lowest BCUT2D eigenvalue weighted by atomic mass is 9.87. The second kappa shape index (κ2) is 9.58. The molecule has 8 heteroatoms. The molecule has 0 saturated carbocycles. The Bertz CT molecular complexity index is 1130. The Labute approximate surface area is 189 Å². The monoisotopic (exact) mass is 455 g/mol. The van der Waals surface area contributed by atoms with Crippen molar-refractivity contribution < 1.29 is 9.53 Å². The molecule has 0 bridgehead atoms. The Morgan fingerprint density at radius 1 is 1.13 bits per heavy atom. The van der Waals surface area contributed by atoms with Crippen molar-refractivity contribution >= 4 is 35.1 Å². The average Bonchev–Trinajstić information content (AvgIpc) is 2.77. The number of hydrogen-bond donors (Lipinski definition) is 2. The number of aromatic amines is 1. The number of hydrogen-bond acceptors (Lipinski definition) is 5. The van der Waals surface area contributed by atoms with Crippen LogP contribution in [-0.2, 0) is 10.5 Å². The quantitative estimate of drug-likeness (QED) is 0.387. The van der Waals surface area contributed by atoms with Crippen molar-refractivity contribution in [2.75, 3.05) is 11.9 Å². The van der Waals surface area contributed by atoms with Crippen LogP contribution in [0.5, 0.6) is 5.75 Å². The second-order valence-corrected chi connectivity index (χ2v) is 8.67. The molecule has 6 nitrogen and oxygen atoms in total. The third kappa shape index (κ3) is 5.11. The molecule has 0 spiro atoms. The van der Waals surface area contributed by atoms with Crippen molar-refractivity contribution in [3.05, 3.63) is 80.6 Å². The largest absolute Gasteiger partial charge is 0.494 e. The lowest BCUT2D eigenvalue weighted by molar-refractivity contribution is -0.116. The molecular weight excluding hydrogens is 434 g/mol. The maximum atomic E-state index is 12.9. The van der Waals surface area contributed by atoms with Gasteiger partial charge in [0.05, 0.1) is 12.2 Å². The Balaban J connectivity index is 1.58. The first-order chi connectivity index (χ1) is 15.0. The van der Waals surface area contributed by atoms with Crippen LogP contribution in [0, 0.1) is 0 Å². The van der Waals surface area contributed by atoms with E-state index < -0.39 is 0 Å². The van der Waals surface area contributed by atoms with Gasteiger partial charge in [-0.25, -0.2) is 4.98 Å². The summed E-state index contributed by atoms with van der Waals surface area (Å²) < 4.78 is 5.63. The lowest BCUT2D eigenvalue weighted by Crippen LogP contribution is -2.31. The second-order valence-electron chi connectivity index (χ2n) is 7.27. The molecule has 2 heterocycles. The SMILES string of the molecule is CCCOc1ccc([C@@H]2CC(=O)Nc3nc(SCc4ccc(Cl)cc4)[nH]c(=O)c32)cc1. The van der Waals surface area contributed by atoms with Gasteiger partial charge in [0, 0.05) is 23.1 Å². The van der Waals surface area contributed by atoms with E-state index in [1.165, 1.54) is 11.8 Å². The van der Waals surface area contributed by atoms with Gasteiger partial charge in [0.15, 0.2) is 5.16 Å². The van der Waals surface area contributed by atoms with Crippen LogP contribution in [-0.4, -0.2) is 22.5 Å². The van der Waals surface area contributed by atoms with Gasteiger partial charge in [-0.2, -0.15) is 0 Å². The van der Waals surface area contributed by atoms with Crippen molar-refractivity contribution in [1.82, 2.24) is 9.97 Å². The highest BCUT2D eigenvalue weighted by Crippen LogP contribution is 2.35. The number of aromatic nitrogens is 2. The van der Waals surface area contributed by atoms with Gasteiger partial charge in [0.25, 0.3) is 5.56 Å². The molecule has 2 aromatic carbocycles. The van der Waals surface area contributed by atoms with Crippen LogP contribution < -0.4 is 15.6 Å². The molecule has 4 rings (SSSR count). The molecule has 1 atom stereocenters. The summed E-state index contributed by atoms with van der Waals surface area (Å²) in [6.45, 7) is 2.70. The molecule has 2 N–H and O–H groups in total. The standard InChI is InChI=1S/C23H22ClN3O3S/c1-2-11-30-17-9-5-15(6-10-17)18-12-19(28)25-21-20(18)22(29)27-23(26-21)31-13-14-3-7-16(24)8-4-14/h3-10,18H,2,11-13H2,1H3,(H2,25,26,27,28,29)/t18-/m0/s1. The van der Waals surface area contributed by atoms with E-state index in [9.17, 15) is 9.59 Å². The van der Waals surface area contributed by atoms with E-state index in [4.69, 9.17) is 16.3 Å². The number of carbonyl (C=O) groups is 1. The minimum atomic E-state index is -0.351. The predicted molar refractivity (Wildman–Crippen MR) is 123 cm³/mol. The zero-order valence-corrected chi connectivity index (χ0v) is 18.6. The molecule has 1 aliphatic heterocycles. The summed E-state index contributed by atoms with van der Waals surface area (Å²) in [5, 5.41) is 3.90. The van der Waals surface area contributed by atoms with E-state index in [-0.39, 0.29) is 23.8 Å². The first kappa shape index (κ1) is 21.5. The molecule has 0 aliphatic carbocycles. The number of amides is 1. The number of H-pyrrole nitrogens is 1. The van der Waals surface area contributed by atoms with Gasteiger partial charge in [-0.3, -0.25) is 9.59 Å². The van der Waals surface area contributed by atoms with Gasteiger partial charge in [-0.1, -0.05) is 54.6 Å². The van der Waals surface area contributed by atoms with E-state index in [2.05, 4.69) is 15.3 Å². The molecule has 0 radical (unpaired) electrons. The van der Waals surface area contributed by atoms with Crippen LogP contribution in [0.4, 0.5) is 5.82 Å². The van der Waals surface area contributed by atoms with Gasteiger partial charge in [-0.15, -0.1) is 0 Å². The summed E-state index contributed by atoms with van der Waals surface area (Å²) in [6.07, 6.45) is 1.13. The van der Waals surface area contributed by atoms with E-state index in [0.29, 0.717) is 33.9 Å².